The SMILES string of the molecule is CCn1nc(Cc2cc(F)cc(F)c2)cc1C1CCN(C[C@H]2CN([C@@H](C(=O)O)C3CCCCC3)C[C@@H]2c2cccc(F)c2)CC1. The predicted octanol–water partition coefficient (Wildman–Crippen LogP) is 6.84. The lowest BCUT2D eigenvalue weighted by molar-refractivity contribution is -0.145. The highest BCUT2D eigenvalue weighted by atomic mass is 19.1. The summed E-state index contributed by atoms with van der Waals surface area (Å²) >= 11 is 0. The Morgan fingerprint density at radius 3 is 2.33 bits per heavy atom. The summed E-state index contributed by atoms with van der Waals surface area (Å²) in [6.45, 7) is 6.83. The van der Waals surface area contributed by atoms with Crippen LogP contribution in [0.2, 0.25) is 0 Å². The van der Waals surface area contributed by atoms with Gasteiger partial charge in [-0.05, 0) is 99.0 Å². The van der Waals surface area contributed by atoms with Crippen LogP contribution in [0, 0.1) is 29.3 Å². The fraction of sp³-hybridized carbons (Fsp3) is 0.556. The van der Waals surface area contributed by atoms with Gasteiger partial charge in [-0.25, -0.2) is 13.2 Å². The van der Waals surface area contributed by atoms with Crippen molar-refractivity contribution < 1.29 is 23.1 Å². The molecule has 6 nitrogen and oxygen atoms in total. The zero-order valence-electron chi connectivity index (χ0n) is 26.2. The van der Waals surface area contributed by atoms with Crippen molar-refractivity contribution in [2.24, 2.45) is 11.8 Å². The highest BCUT2D eigenvalue weighted by molar-refractivity contribution is 5.74. The second kappa shape index (κ2) is 14.1. The van der Waals surface area contributed by atoms with Crippen molar-refractivity contribution in [3.63, 3.8) is 0 Å². The highest BCUT2D eigenvalue weighted by Crippen LogP contribution is 2.39. The molecule has 3 fully saturated rings. The van der Waals surface area contributed by atoms with E-state index in [0.717, 1.165) is 82.0 Å². The minimum absolute atomic E-state index is 0.0839. The van der Waals surface area contributed by atoms with Crippen LogP contribution in [0.15, 0.2) is 48.5 Å². The molecular formula is C36H45F3N4O2. The Hall–Kier alpha value is -3.17. The number of rotatable bonds is 10. The van der Waals surface area contributed by atoms with E-state index in [2.05, 4.69) is 22.8 Å². The Bertz CT molecular complexity index is 1440. The highest BCUT2D eigenvalue weighted by Gasteiger charge is 2.43. The second-order valence-corrected chi connectivity index (χ2v) is 13.5. The van der Waals surface area contributed by atoms with E-state index >= 15 is 0 Å². The van der Waals surface area contributed by atoms with E-state index in [9.17, 15) is 23.1 Å². The van der Waals surface area contributed by atoms with E-state index < -0.39 is 23.6 Å². The van der Waals surface area contributed by atoms with Gasteiger partial charge >= 0.3 is 5.97 Å². The number of halogens is 3. The maximum atomic E-state index is 14.3. The molecule has 0 spiro atoms. The van der Waals surface area contributed by atoms with Gasteiger partial charge in [0.05, 0.1) is 5.69 Å². The molecule has 6 rings (SSSR count). The normalized spacial score (nSPS) is 23.0. The van der Waals surface area contributed by atoms with Crippen LogP contribution in [0.4, 0.5) is 13.2 Å². The fourth-order valence-corrected chi connectivity index (χ4v) is 8.36. The molecule has 1 aliphatic carbocycles. The first-order chi connectivity index (χ1) is 21.8. The van der Waals surface area contributed by atoms with Crippen molar-refractivity contribution in [3.8, 4) is 0 Å². The van der Waals surface area contributed by atoms with Gasteiger partial charge in [0, 0.05) is 56.2 Å². The third kappa shape index (κ3) is 7.46. The van der Waals surface area contributed by atoms with Crippen LogP contribution in [0.1, 0.15) is 86.2 Å². The second-order valence-electron chi connectivity index (χ2n) is 13.5. The number of nitrogens with zero attached hydrogens (tertiary/aromatic N) is 4. The summed E-state index contributed by atoms with van der Waals surface area (Å²) in [5, 5.41) is 15.1. The average molecular weight is 623 g/mol. The third-order valence-corrected chi connectivity index (χ3v) is 10.5. The van der Waals surface area contributed by atoms with Crippen molar-refractivity contribution in [3.05, 3.63) is 88.5 Å². The Labute approximate surface area is 264 Å². The number of hydrogen-bond donors (Lipinski definition) is 1. The molecule has 242 valence electrons. The van der Waals surface area contributed by atoms with Crippen LogP contribution >= 0.6 is 0 Å². The van der Waals surface area contributed by atoms with Gasteiger partial charge in [-0.1, -0.05) is 31.4 Å². The lowest BCUT2D eigenvalue weighted by Crippen LogP contribution is -2.46. The number of aliphatic carboxylic acids is 1. The van der Waals surface area contributed by atoms with Crippen LogP contribution in [-0.2, 0) is 17.8 Å². The first kappa shape index (κ1) is 31.8. The van der Waals surface area contributed by atoms with Gasteiger partial charge in [-0.2, -0.15) is 5.10 Å². The molecule has 3 aromatic rings. The minimum atomic E-state index is -0.726. The molecule has 3 atom stereocenters. The van der Waals surface area contributed by atoms with Gasteiger partial charge in [-0.15, -0.1) is 0 Å². The topological polar surface area (TPSA) is 61.6 Å². The summed E-state index contributed by atoms with van der Waals surface area (Å²) in [6, 6.07) is 12.1. The summed E-state index contributed by atoms with van der Waals surface area (Å²) < 4.78 is 43.9. The van der Waals surface area contributed by atoms with Crippen LogP contribution < -0.4 is 0 Å². The number of hydrogen-bond acceptors (Lipinski definition) is 4. The summed E-state index contributed by atoms with van der Waals surface area (Å²) in [7, 11) is 0. The molecule has 1 aromatic heterocycles. The predicted molar refractivity (Wildman–Crippen MR) is 168 cm³/mol. The Balaban J connectivity index is 1.13. The number of aryl methyl sites for hydroxylation is 1. The van der Waals surface area contributed by atoms with Gasteiger partial charge in [0.25, 0.3) is 0 Å². The molecule has 3 heterocycles. The summed E-state index contributed by atoms with van der Waals surface area (Å²) in [6.07, 6.45) is 7.62. The third-order valence-electron chi connectivity index (χ3n) is 10.5. The quantitative estimate of drug-likeness (QED) is 0.268. The smallest absolute Gasteiger partial charge is 0.321 e. The molecule has 2 aliphatic heterocycles. The number of aromatic nitrogens is 2. The Kier molecular flexibility index (Phi) is 9.95. The van der Waals surface area contributed by atoms with E-state index in [1.54, 1.807) is 12.1 Å². The molecule has 1 N–H and O–H groups in total. The molecule has 0 amide bonds. The number of likely N-dealkylation sites (tertiary alicyclic amines) is 2. The van der Waals surface area contributed by atoms with Crippen LogP contribution in [0.25, 0.3) is 0 Å². The first-order valence-corrected chi connectivity index (χ1v) is 16.7. The van der Waals surface area contributed by atoms with Gasteiger partial charge in [-0.3, -0.25) is 14.4 Å². The monoisotopic (exact) mass is 622 g/mol. The first-order valence-electron chi connectivity index (χ1n) is 16.7. The maximum Gasteiger partial charge on any atom is 0.321 e. The van der Waals surface area contributed by atoms with E-state index in [1.165, 1.54) is 30.3 Å². The average Bonchev–Trinajstić information content (AvgIpc) is 3.61. The molecule has 3 aliphatic rings. The zero-order valence-corrected chi connectivity index (χ0v) is 26.2. The van der Waals surface area contributed by atoms with Crippen molar-refractivity contribution in [1.82, 2.24) is 19.6 Å². The number of benzene rings is 2. The van der Waals surface area contributed by atoms with Crippen molar-refractivity contribution >= 4 is 5.97 Å². The molecule has 1 saturated carbocycles. The maximum absolute atomic E-state index is 14.3. The molecule has 2 aromatic carbocycles. The van der Waals surface area contributed by atoms with Gasteiger partial charge in [0.1, 0.15) is 23.5 Å². The minimum Gasteiger partial charge on any atom is -0.480 e. The molecular weight excluding hydrogens is 577 g/mol. The zero-order chi connectivity index (χ0) is 31.5. The fourth-order valence-electron chi connectivity index (χ4n) is 8.36. The van der Waals surface area contributed by atoms with Crippen molar-refractivity contribution in [2.75, 3.05) is 32.7 Å². The van der Waals surface area contributed by atoms with Crippen LogP contribution in [0.3, 0.4) is 0 Å². The molecule has 2 saturated heterocycles. The number of piperidine rings is 1. The van der Waals surface area contributed by atoms with Gasteiger partial charge in [0.15, 0.2) is 0 Å². The van der Waals surface area contributed by atoms with E-state index in [-0.39, 0.29) is 23.6 Å². The molecule has 0 radical (unpaired) electrons. The lowest BCUT2D eigenvalue weighted by Gasteiger charge is -2.35. The Morgan fingerprint density at radius 2 is 1.67 bits per heavy atom. The van der Waals surface area contributed by atoms with E-state index in [4.69, 9.17) is 5.10 Å². The van der Waals surface area contributed by atoms with Gasteiger partial charge in [0.2, 0.25) is 0 Å². The van der Waals surface area contributed by atoms with E-state index in [0.29, 0.717) is 31.0 Å². The molecule has 9 heteroatoms. The Morgan fingerprint density at radius 1 is 0.933 bits per heavy atom. The van der Waals surface area contributed by atoms with Gasteiger partial charge < -0.3 is 10.0 Å². The standard InChI is InChI=1S/C36H45F3N4O2/c1-2-43-34(20-32(40-43)17-24-15-30(38)19-31(39)16-24)25-11-13-41(14-12-25)21-28-22-42(23-33(28)27-9-6-10-29(37)18-27)35(36(44)45)26-7-4-3-5-8-26/h6,9-10,15-16,18-20,25-26,28,33,35H,2-5,7-8,11-14,17,21-23H2,1H3,(H,44,45)/t28-,33+,35+/m0/s1. The van der Waals surface area contributed by atoms with Crippen LogP contribution in [-0.4, -0.2) is 69.4 Å². The number of carboxylic acids is 1. The number of carbonyl (C=O) groups is 1. The van der Waals surface area contributed by atoms with E-state index in [1.807, 2.05) is 10.7 Å². The molecule has 0 bridgehead atoms. The van der Waals surface area contributed by atoms with Crippen LogP contribution in [0.5, 0.6) is 0 Å². The molecule has 0 unspecified atom stereocenters. The molecule has 45 heavy (non-hydrogen) atoms. The lowest BCUT2D eigenvalue weighted by atomic mass is 9.83. The van der Waals surface area contributed by atoms with Crippen molar-refractivity contribution in [1.29, 1.82) is 0 Å². The largest absolute Gasteiger partial charge is 0.480 e. The number of carboxylic acid groups (broad SMARTS) is 1. The summed E-state index contributed by atoms with van der Waals surface area (Å²) in [4.78, 5) is 17.3. The summed E-state index contributed by atoms with van der Waals surface area (Å²) in [5.41, 5.74) is 3.52. The van der Waals surface area contributed by atoms with Crippen molar-refractivity contribution in [2.45, 2.75) is 82.7 Å². The summed E-state index contributed by atoms with van der Waals surface area (Å²) in [5.74, 6) is -1.32.